The highest BCUT2D eigenvalue weighted by Gasteiger charge is 2.22. The third-order valence-corrected chi connectivity index (χ3v) is 4.24. The van der Waals surface area contributed by atoms with Gasteiger partial charge in [-0.1, -0.05) is 13.8 Å². The maximum atomic E-state index is 12.3. The minimum Gasteiger partial charge on any atom is -0.383 e. The second kappa shape index (κ2) is 6.83. The summed E-state index contributed by atoms with van der Waals surface area (Å²) >= 11 is 0. The molecule has 6 nitrogen and oxygen atoms in total. The van der Waals surface area contributed by atoms with Crippen LogP contribution in [0.1, 0.15) is 13.8 Å². The van der Waals surface area contributed by atoms with Crippen LogP contribution < -0.4 is 10.0 Å². The van der Waals surface area contributed by atoms with Crippen molar-refractivity contribution >= 4 is 15.8 Å². The fourth-order valence-corrected chi connectivity index (χ4v) is 2.91. The number of aromatic nitrogens is 1. The molecule has 2 N–H and O–H groups in total. The van der Waals surface area contributed by atoms with Crippen LogP contribution in [0, 0.1) is 5.92 Å². The number of anilines is 1. The molecule has 0 radical (unpaired) electrons. The Hall–Kier alpha value is -1.18. The maximum absolute atomic E-state index is 12.3. The van der Waals surface area contributed by atoms with Crippen LogP contribution in [0.2, 0.25) is 0 Å². The molecule has 0 aliphatic carbocycles. The van der Waals surface area contributed by atoms with Gasteiger partial charge in [0, 0.05) is 32.5 Å². The molecule has 0 aromatic carbocycles. The number of hydrogen-bond donors (Lipinski definition) is 2. The lowest BCUT2D eigenvalue weighted by Crippen LogP contribution is -2.41. The van der Waals surface area contributed by atoms with Gasteiger partial charge in [0.15, 0.2) is 0 Å². The Morgan fingerprint density at radius 1 is 1.42 bits per heavy atom. The minimum absolute atomic E-state index is 0.139. The van der Waals surface area contributed by atoms with Gasteiger partial charge in [0.1, 0.15) is 5.82 Å². The summed E-state index contributed by atoms with van der Waals surface area (Å²) in [5.41, 5.74) is 0. The Kier molecular flexibility index (Phi) is 5.71. The number of nitrogens with one attached hydrogen (secondary N) is 2. The molecule has 1 unspecified atom stereocenters. The third-order valence-electron chi connectivity index (χ3n) is 2.76. The number of nitrogens with zero attached hydrogens (tertiary/aromatic N) is 1. The highest BCUT2D eigenvalue weighted by Crippen LogP contribution is 2.14. The van der Waals surface area contributed by atoms with E-state index < -0.39 is 10.0 Å². The Morgan fingerprint density at radius 3 is 2.63 bits per heavy atom. The summed E-state index contributed by atoms with van der Waals surface area (Å²) in [6.07, 6.45) is 1.46. The van der Waals surface area contributed by atoms with Crippen molar-refractivity contribution in [3.63, 3.8) is 0 Å². The SMILES string of the molecule is CNc1cc(S(=O)(=O)NC(COC)C(C)C)ccn1. The molecule has 0 spiro atoms. The first-order chi connectivity index (χ1) is 8.90. The van der Waals surface area contributed by atoms with Gasteiger partial charge >= 0.3 is 0 Å². The van der Waals surface area contributed by atoms with E-state index in [1.165, 1.54) is 18.3 Å². The minimum atomic E-state index is -3.57. The van der Waals surface area contributed by atoms with Crippen LogP contribution in [0.15, 0.2) is 23.2 Å². The van der Waals surface area contributed by atoms with Gasteiger partial charge in [-0.15, -0.1) is 0 Å². The average molecular weight is 287 g/mol. The first kappa shape index (κ1) is 15.9. The summed E-state index contributed by atoms with van der Waals surface area (Å²) in [7, 11) is -0.330. The molecular weight excluding hydrogens is 266 g/mol. The van der Waals surface area contributed by atoms with Gasteiger partial charge < -0.3 is 10.1 Å². The van der Waals surface area contributed by atoms with E-state index in [1.54, 1.807) is 14.2 Å². The van der Waals surface area contributed by atoms with Crippen molar-refractivity contribution in [1.82, 2.24) is 9.71 Å². The number of sulfonamides is 1. The van der Waals surface area contributed by atoms with Gasteiger partial charge in [-0.05, 0) is 12.0 Å². The Labute approximate surface area is 114 Å². The van der Waals surface area contributed by atoms with Crippen molar-refractivity contribution in [3.05, 3.63) is 18.3 Å². The number of ether oxygens (including phenoxy) is 1. The topological polar surface area (TPSA) is 80.3 Å². The molecule has 1 atom stereocenters. The van der Waals surface area contributed by atoms with Crippen LogP contribution in [0.3, 0.4) is 0 Å². The molecule has 1 heterocycles. The molecule has 1 rings (SSSR count). The molecule has 7 heteroatoms. The van der Waals surface area contributed by atoms with Crippen molar-refractivity contribution in [2.24, 2.45) is 5.92 Å². The molecule has 0 aliphatic rings. The monoisotopic (exact) mass is 287 g/mol. The second-order valence-electron chi connectivity index (χ2n) is 4.55. The molecule has 1 aromatic rings. The van der Waals surface area contributed by atoms with Gasteiger partial charge in [0.2, 0.25) is 10.0 Å². The van der Waals surface area contributed by atoms with Crippen molar-refractivity contribution in [2.45, 2.75) is 24.8 Å². The predicted octanol–water partition coefficient (Wildman–Crippen LogP) is 1.07. The summed E-state index contributed by atoms with van der Waals surface area (Å²) in [6, 6.07) is 2.70. The fraction of sp³-hybridized carbons (Fsp3) is 0.583. The van der Waals surface area contributed by atoms with Gasteiger partial charge in [-0.2, -0.15) is 0 Å². The van der Waals surface area contributed by atoms with Crippen LogP contribution in [0.5, 0.6) is 0 Å². The van der Waals surface area contributed by atoms with Crippen molar-refractivity contribution in [2.75, 3.05) is 26.1 Å². The van der Waals surface area contributed by atoms with E-state index in [0.29, 0.717) is 12.4 Å². The molecule has 0 saturated carbocycles. The maximum Gasteiger partial charge on any atom is 0.241 e. The summed E-state index contributed by atoms with van der Waals surface area (Å²) in [6.45, 7) is 4.22. The Bertz CT molecular complexity index is 503. The standard InChI is InChI=1S/C12H21N3O3S/c1-9(2)11(8-18-4)15-19(16,17)10-5-6-14-12(7-10)13-3/h5-7,9,11,15H,8H2,1-4H3,(H,13,14). The van der Waals surface area contributed by atoms with Crippen LogP contribution in [0.25, 0.3) is 0 Å². The smallest absolute Gasteiger partial charge is 0.241 e. The zero-order valence-electron chi connectivity index (χ0n) is 11.7. The lowest BCUT2D eigenvalue weighted by molar-refractivity contribution is 0.157. The predicted molar refractivity (Wildman–Crippen MR) is 74.6 cm³/mol. The zero-order chi connectivity index (χ0) is 14.5. The lowest BCUT2D eigenvalue weighted by atomic mass is 10.1. The Morgan fingerprint density at radius 2 is 2.11 bits per heavy atom. The molecule has 19 heavy (non-hydrogen) atoms. The van der Waals surface area contributed by atoms with E-state index in [2.05, 4.69) is 15.0 Å². The lowest BCUT2D eigenvalue weighted by Gasteiger charge is -2.21. The number of pyridine rings is 1. The van der Waals surface area contributed by atoms with E-state index >= 15 is 0 Å². The molecule has 0 aliphatic heterocycles. The fourth-order valence-electron chi connectivity index (χ4n) is 1.52. The summed E-state index contributed by atoms with van der Waals surface area (Å²) < 4.78 is 32.2. The zero-order valence-corrected chi connectivity index (χ0v) is 12.5. The second-order valence-corrected chi connectivity index (χ2v) is 6.27. The molecule has 0 amide bonds. The molecule has 1 aromatic heterocycles. The van der Waals surface area contributed by atoms with Crippen LogP contribution in [-0.4, -0.2) is 40.2 Å². The number of hydrogen-bond acceptors (Lipinski definition) is 5. The number of methoxy groups -OCH3 is 1. The largest absolute Gasteiger partial charge is 0.383 e. The summed E-state index contributed by atoms with van der Waals surface area (Å²) in [5.74, 6) is 0.649. The van der Waals surface area contributed by atoms with E-state index in [0.717, 1.165) is 0 Å². The quantitative estimate of drug-likeness (QED) is 0.784. The first-order valence-electron chi connectivity index (χ1n) is 6.05. The molecule has 108 valence electrons. The summed E-state index contributed by atoms with van der Waals surface area (Å²) in [4.78, 5) is 4.18. The van der Waals surface area contributed by atoms with E-state index in [9.17, 15) is 8.42 Å². The van der Waals surface area contributed by atoms with Gasteiger partial charge in [-0.25, -0.2) is 18.1 Å². The normalized spacial score (nSPS) is 13.5. The van der Waals surface area contributed by atoms with Crippen molar-refractivity contribution < 1.29 is 13.2 Å². The van der Waals surface area contributed by atoms with Crippen LogP contribution in [0.4, 0.5) is 5.82 Å². The molecule has 0 saturated heterocycles. The van der Waals surface area contributed by atoms with E-state index in [1.807, 2.05) is 13.8 Å². The third kappa shape index (κ3) is 4.45. The van der Waals surface area contributed by atoms with Crippen molar-refractivity contribution in [3.8, 4) is 0 Å². The first-order valence-corrected chi connectivity index (χ1v) is 7.54. The van der Waals surface area contributed by atoms with Crippen LogP contribution >= 0.6 is 0 Å². The number of rotatable bonds is 7. The molecule has 0 bridgehead atoms. The highest BCUT2D eigenvalue weighted by atomic mass is 32.2. The summed E-state index contributed by atoms with van der Waals surface area (Å²) in [5, 5.41) is 2.81. The van der Waals surface area contributed by atoms with E-state index in [4.69, 9.17) is 4.74 Å². The average Bonchev–Trinajstić information content (AvgIpc) is 2.38. The van der Waals surface area contributed by atoms with Gasteiger partial charge in [0.25, 0.3) is 0 Å². The Balaban J connectivity index is 2.96. The highest BCUT2D eigenvalue weighted by molar-refractivity contribution is 7.89. The molecule has 0 fully saturated rings. The van der Waals surface area contributed by atoms with Crippen molar-refractivity contribution in [1.29, 1.82) is 0 Å². The van der Waals surface area contributed by atoms with E-state index in [-0.39, 0.29) is 16.9 Å². The van der Waals surface area contributed by atoms with Crippen LogP contribution in [-0.2, 0) is 14.8 Å². The van der Waals surface area contributed by atoms with Gasteiger partial charge in [0.05, 0.1) is 11.5 Å². The van der Waals surface area contributed by atoms with Gasteiger partial charge in [-0.3, -0.25) is 0 Å². The molecular formula is C12H21N3O3S.